The maximum absolute atomic E-state index is 5.89. The lowest BCUT2D eigenvalue weighted by Gasteiger charge is -1.93. The monoisotopic (exact) mass is 230 g/mol. The summed E-state index contributed by atoms with van der Waals surface area (Å²) >= 11 is 5.89. The molecule has 0 bridgehead atoms. The fourth-order valence-corrected chi connectivity index (χ4v) is 1.79. The smallest absolute Gasteiger partial charge is 0.194 e. The van der Waals surface area contributed by atoms with Gasteiger partial charge in [-0.05, 0) is 6.07 Å². The molecule has 0 amide bonds. The molecule has 16 heavy (non-hydrogen) atoms. The molecule has 0 aliphatic heterocycles. The van der Waals surface area contributed by atoms with E-state index < -0.39 is 0 Å². The van der Waals surface area contributed by atoms with Crippen LogP contribution in [0.25, 0.3) is 22.3 Å². The van der Waals surface area contributed by atoms with Crippen molar-refractivity contribution in [3.63, 3.8) is 0 Å². The average molecular weight is 231 g/mol. The van der Waals surface area contributed by atoms with Crippen molar-refractivity contribution in [3.8, 4) is 11.3 Å². The third-order valence-corrected chi connectivity index (χ3v) is 2.60. The highest BCUT2D eigenvalue weighted by molar-refractivity contribution is 6.33. The molecule has 2 aromatic heterocycles. The Labute approximate surface area is 96.7 Å². The van der Waals surface area contributed by atoms with E-state index in [4.69, 9.17) is 16.0 Å². The van der Waals surface area contributed by atoms with E-state index in [1.54, 1.807) is 6.20 Å². The summed E-state index contributed by atoms with van der Waals surface area (Å²) in [5.74, 6) is 0.771. The number of fused-ring (bicyclic) bond motifs is 1. The third kappa shape index (κ3) is 1.46. The van der Waals surface area contributed by atoms with Gasteiger partial charge in [0, 0.05) is 10.9 Å². The average Bonchev–Trinajstić information content (AvgIpc) is 2.76. The molecule has 3 aromatic rings. The Bertz CT molecular complexity index is 634. The van der Waals surface area contributed by atoms with Crippen LogP contribution in [-0.2, 0) is 0 Å². The third-order valence-electron chi connectivity index (χ3n) is 2.35. The highest BCUT2D eigenvalue weighted by atomic mass is 35.5. The minimum atomic E-state index is 0.291. The molecule has 3 nitrogen and oxygen atoms in total. The Morgan fingerprint density at radius 2 is 1.94 bits per heavy atom. The van der Waals surface area contributed by atoms with Crippen molar-refractivity contribution in [2.24, 2.45) is 0 Å². The van der Waals surface area contributed by atoms with Crippen molar-refractivity contribution in [1.29, 1.82) is 0 Å². The van der Waals surface area contributed by atoms with Crippen LogP contribution in [0.15, 0.2) is 47.0 Å². The van der Waals surface area contributed by atoms with E-state index in [-0.39, 0.29) is 0 Å². The van der Waals surface area contributed by atoms with Crippen LogP contribution in [0.4, 0.5) is 0 Å². The van der Waals surface area contributed by atoms with Gasteiger partial charge in [-0.25, -0.2) is 0 Å². The maximum atomic E-state index is 5.89. The molecule has 0 saturated carbocycles. The fraction of sp³-hybridized carbons (Fsp3) is 0. The summed E-state index contributed by atoms with van der Waals surface area (Å²) in [7, 11) is 0. The van der Waals surface area contributed by atoms with E-state index in [0.717, 1.165) is 16.7 Å². The molecular formula is C12H7ClN2O. The predicted octanol–water partition coefficient (Wildman–Crippen LogP) is 3.54. The number of halogens is 1. The van der Waals surface area contributed by atoms with Crippen LogP contribution in [0.3, 0.4) is 0 Å². The van der Waals surface area contributed by atoms with Gasteiger partial charge in [0.25, 0.3) is 0 Å². The molecule has 0 aliphatic carbocycles. The normalized spacial score (nSPS) is 10.8. The molecule has 0 aliphatic rings. The first-order valence-corrected chi connectivity index (χ1v) is 5.18. The van der Waals surface area contributed by atoms with Gasteiger partial charge < -0.3 is 4.42 Å². The van der Waals surface area contributed by atoms with Gasteiger partial charge in [-0.2, -0.15) is 5.10 Å². The molecule has 0 radical (unpaired) electrons. The van der Waals surface area contributed by atoms with Crippen molar-refractivity contribution >= 4 is 22.6 Å². The van der Waals surface area contributed by atoms with Gasteiger partial charge in [0.05, 0.1) is 6.20 Å². The van der Waals surface area contributed by atoms with Crippen LogP contribution in [0.2, 0.25) is 5.15 Å². The van der Waals surface area contributed by atoms with Crippen molar-refractivity contribution in [3.05, 3.63) is 47.7 Å². The molecule has 4 heteroatoms. The van der Waals surface area contributed by atoms with Crippen LogP contribution in [0.5, 0.6) is 0 Å². The van der Waals surface area contributed by atoms with Crippen molar-refractivity contribution in [2.75, 3.05) is 0 Å². The largest absolute Gasteiger partial charge is 0.453 e. The molecule has 0 unspecified atom stereocenters. The first-order chi connectivity index (χ1) is 7.84. The topological polar surface area (TPSA) is 38.9 Å². The number of hydrogen-bond donors (Lipinski definition) is 0. The Morgan fingerprint density at radius 1 is 1.12 bits per heavy atom. The summed E-state index contributed by atoms with van der Waals surface area (Å²) in [5.41, 5.74) is 1.59. The lowest BCUT2D eigenvalue weighted by molar-refractivity contribution is 0.628. The van der Waals surface area contributed by atoms with E-state index in [0.29, 0.717) is 10.7 Å². The van der Waals surface area contributed by atoms with E-state index in [2.05, 4.69) is 10.2 Å². The molecule has 2 heterocycles. The minimum Gasteiger partial charge on any atom is -0.453 e. The number of nitrogens with zero attached hydrogens (tertiary/aromatic N) is 2. The van der Waals surface area contributed by atoms with Gasteiger partial charge in [-0.1, -0.05) is 41.9 Å². The number of hydrogen-bond acceptors (Lipinski definition) is 3. The van der Waals surface area contributed by atoms with Crippen LogP contribution >= 0.6 is 11.6 Å². The quantitative estimate of drug-likeness (QED) is 0.642. The van der Waals surface area contributed by atoms with E-state index in [1.807, 2.05) is 36.4 Å². The summed E-state index contributed by atoms with van der Waals surface area (Å²) < 4.78 is 5.65. The minimum absolute atomic E-state index is 0.291. The van der Waals surface area contributed by atoms with Gasteiger partial charge in [-0.15, -0.1) is 5.10 Å². The molecule has 3 rings (SSSR count). The zero-order valence-corrected chi connectivity index (χ0v) is 8.98. The Hall–Kier alpha value is -1.87. The van der Waals surface area contributed by atoms with Crippen molar-refractivity contribution in [2.45, 2.75) is 0 Å². The van der Waals surface area contributed by atoms with Gasteiger partial charge in [-0.3, -0.25) is 0 Å². The highest BCUT2D eigenvalue weighted by Gasteiger charge is 2.09. The summed E-state index contributed by atoms with van der Waals surface area (Å²) in [6, 6.07) is 11.7. The molecule has 0 saturated heterocycles. The van der Waals surface area contributed by atoms with Gasteiger partial charge in [0.1, 0.15) is 5.76 Å². The van der Waals surface area contributed by atoms with E-state index in [9.17, 15) is 0 Å². The molecule has 1 aromatic carbocycles. The van der Waals surface area contributed by atoms with Gasteiger partial charge >= 0.3 is 0 Å². The summed E-state index contributed by atoms with van der Waals surface area (Å²) in [6.07, 6.45) is 1.64. The summed E-state index contributed by atoms with van der Waals surface area (Å²) in [5, 5.41) is 8.66. The van der Waals surface area contributed by atoms with Crippen LogP contribution in [0, 0.1) is 0 Å². The zero-order valence-electron chi connectivity index (χ0n) is 8.22. The Kier molecular flexibility index (Phi) is 2.11. The first-order valence-electron chi connectivity index (χ1n) is 4.81. The predicted molar refractivity (Wildman–Crippen MR) is 62.3 cm³/mol. The van der Waals surface area contributed by atoms with Crippen molar-refractivity contribution in [1.82, 2.24) is 10.2 Å². The number of furan rings is 1. The maximum Gasteiger partial charge on any atom is 0.194 e. The first kappa shape index (κ1) is 9.36. The second kappa shape index (κ2) is 3.61. The fourth-order valence-electron chi connectivity index (χ4n) is 1.59. The Balaban J connectivity index is 2.23. The SMILES string of the molecule is Clc1nncc2cc(-c3ccccc3)oc12. The zero-order chi connectivity index (χ0) is 11.0. The second-order valence-electron chi connectivity index (χ2n) is 3.40. The standard InChI is InChI=1S/C12H7ClN2O/c13-12-11-9(7-14-15-12)6-10(16-11)8-4-2-1-3-5-8/h1-7H. The lowest BCUT2D eigenvalue weighted by Crippen LogP contribution is -1.78. The molecule has 0 N–H and O–H groups in total. The molecule has 78 valence electrons. The molecular weight excluding hydrogens is 224 g/mol. The second-order valence-corrected chi connectivity index (χ2v) is 3.75. The van der Waals surface area contributed by atoms with E-state index >= 15 is 0 Å². The number of aromatic nitrogens is 2. The lowest BCUT2D eigenvalue weighted by atomic mass is 10.2. The van der Waals surface area contributed by atoms with E-state index in [1.165, 1.54) is 0 Å². The number of rotatable bonds is 1. The summed E-state index contributed by atoms with van der Waals surface area (Å²) in [4.78, 5) is 0. The van der Waals surface area contributed by atoms with Gasteiger partial charge in [0.2, 0.25) is 0 Å². The van der Waals surface area contributed by atoms with Crippen LogP contribution < -0.4 is 0 Å². The van der Waals surface area contributed by atoms with Crippen LogP contribution in [-0.4, -0.2) is 10.2 Å². The molecule has 0 atom stereocenters. The summed E-state index contributed by atoms with van der Waals surface area (Å²) in [6.45, 7) is 0. The van der Waals surface area contributed by atoms with Crippen molar-refractivity contribution < 1.29 is 4.42 Å². The molecule has 0 spiro atoms. The molecule has 0 fully saturated rings. The van der Waals surface area contributed by atoms with Crippen LogP contribution in [0.1, 0.15) is 0 Å². The number of benzene rings is 1. The van der Waals surface area contributed by atoms with Gasteiger partial charge in [0.15, 0.2) is 10.7 Å². The Morgan fingerprint density at radius 3 is 2.69 bits per heavy atom. The highest BCUT2D eigenvalue weighted by Crippen LogP contribution is 2.29.